The van der Waals surface area contributed by atoms with Gasteiger partial charge in [-0.05, 0) is 57.4 Å². The van der Waals surface area contributed by atoms with Crippen molar-refractivity contribution in [3.05, 3.63) is 34.9 Å². The van der Waals surface area contributed by atoms with Gasteiger partial charge in [0.1, 0.15) is 0 Å². The Balaban J connectivity index is 2.30. The van der Waals surface area contributed by atoms with Gasteiger partial charge in [-0.3, -0.25) is 4.79 Å². The Morgan fingerprint density at radius 2 is 2.06 bits per heavy atom. The number of rotatable bonds is 2. The highest BCUT2D eigenvalue weighted by atomic mass is 16.1. The molecule has 0 aliphatic carbocycles. The average molecular weight is 217 g/mol. The van der Waals surface area contributed by atoms with Crippen molar-refractivity contribution in [3.63, 3.8) is 0 Å². The summed E-state index contributed by atoms with van der Waals surface area (Å²) in [6.45, 7) is 7.08. The van der Waals surface area contributed by atoms with Gasteiger partial charge in [0.05, 0.1) is 5.54 Å². The van der Waals surface area contributed by atoms with Gasteiger partial charge < -0.3 is 5.32 Å². The Morgan fingerprint density at radius 3 is 2.62 bits per heavy atom. The molecule has 86 valence electrons. The molecule has 0 radical (unpaired) electrons. The fraction of sp³-hybridized carbons (Fsp3) is 0.500. The molecule has 1 aliphatic rings. The number of carbonyl (C=O) groups excluding carboxylic acids is 1. The molecule has 1 aromatic carbocycles. The molecule has 1 aromatic rings. The van der Waals surface area contributed by atoms with Gasteiger partial charge in [-0.15, -0.1) is 0 Å². The third-order valence-corrected chi connectivity index (χ3v) is 3.64. The molecule has 2 nitrogen and oxygen atoms in total. The standard InChI is InChI=1S/C14H19NO/c1-10-5-6-12(9-11(10)2)13(16)14(3)7-4-8-15-14/h5-6,9,15H,4,7-8H2,1-3H3. The number of benzene rings is 1. The SMILES string of the molecule is Cc1ccc(C(=O)C2(C)CCCN2)cc1C. The summed E-state index contributed by atoms with van der Waals surface area (Å²) in [6.07, 6.45) is 2.03. The van der Waals surface area contributed by atoms with E-state index in [0.29, 0.717) is 0 Å². The quantitative estimate of drug-likeness (QED) is 0.772. The van der Waals surface area contributed by atoms with E-state index in [0.717, 1.165) is 24.9 Å². The summed E-state index contributed by atoms with van der Waals surface area (Å²) < 4.78 is 0. The van der Waals surface area contributed by atoms with Crippen LogP contribution in [0.3, 0.4) is 0 Å². The van der Waals surface area contributed by atoms with Crippen molar-refractivity contribution in [2.45, 2.75) is 39.2 Å². The van der Waals surface area contributed by atoms with Crippen molar-refractivity contribution in [3.8, 4) is 0 Å². The second-order valence-corrected chi connectivity index (χ2v) is 4.99. The number of Topliss-reactive ketones (excluding diaryl/α,β-unsaturated/α-hetero) is 1. The molecule has 0 amide bonds. The predicted molar refractivity (Wildman–Crippen MR) is 65.9 cm³/mol. The minimum Gasteiger partial charge on any atom is -0.305 e. The highest BCUT2D eigenvalue weighted by Gasteiger charge is 2.36. The third kappa shape index (κ3) is 1.90. The summed E-state index contributed by atoms with van der Waals surface area (Å²) in [5.74, 6) is 0.230. The van der Waals surface area contributed by atoms with Gasteiger partial charge in [-0.25, -0.2) is 0 Å². The second-order valence-electron chi connectivity index (χ2n) is 4.99. The van der Waals surface area contributed by atoms with E-state index in [-0.39, 0.29) is 11.3 Å². The topological polar surface area (TPSA) is 29.1 Å². The highest BCUT2D eigenvalue weighted by Crippen LogP contribution is 2.24. The van der Waals surface area contributed by atoms with E-state index in [1.165, 1.54) is 11.1 Å². The van der Waals surface area contributed by atoms with Gasteiger partial charge in [0.2, 0.25) is 0 Å². The molecule has 1 atom stereocenters. The Bertz CT molecular complexity index is 417. The fourth-order valence-corrected chi connectivity index (χ4v) is 2.29. The molecule has 1 saturated heterocycles. The van der Waals surface area contributed by atoms with Crippen molar-refractivity contribution >= 4 is 5.78 Å². The molecule has 0 saturated carbocycles. The molecule has 0 aromatic heterocycles. The normalized spacial score (nSPS) is 24.7. The molecule has 1 N–H and O–H groups in total. The molecule has 0 spiro atoms. The molecule has 2 heteroatoms. The number of hydrogen-bond acceptors (Lipinski definition) is 2. The maximum atomic E-state index is 12.4. The van der Waals surface area contributed by atoms with Crippen LogP contribution in [-0.2, 0) is 0 Å². The summed E-state index contributed by atoms with van der Waals surface area (Å²) in [4.78, 5) is 12.4. The zero-order valence-electron chi connectivity index (χ0n) is 10.3. The average Bonchev–Trinajstić information content (AvgIpc) is 2.70. The second kappa shape index (κ2) is 4.02. The first-order chi connectivity index (χ1) is 7.53. The number of carbonyl (C=O) groups is 1. The Hall–Kier alpha value is -1.15. The molecular weight excluding hydrogens is 198 g/mol. The summed E-state index contributed by atoms with van der Waals surface area (Å²) in [6, 6.07) is 5.97. The highest BCUT2D eigenvalue weighted by molar-refractivity contribution is 6.03. The van der Waals surface area contributed by atoms with Crippen LogP contribution >= 0.6 is 0 Å². The summed E-state index contributed by atoms with van der Waals surface area (Å²) in [7, 11) is 0. The molecule has 1 unspecified atom stereocenters. The van der Waals surface area contributed by atoms with Gasteiger partial charge >= 0.3 is 0 Å². The van der Waals surface area contributed by atoms with Crippen LogP contribution < -0.4 is 5.32 Å². The lowest BCUT2D eigenvalue weighted by molar-refractivity contribution is 0.0884. The lowest BCUT2D eigenvalue weighted by Crippen LogP contribution is -2.44. The van der Waals surface area contributed by atoms with Crippen molar-refractivity contribution in [1.29, 1.82) is 0 Å². The van der Waals surface area contributed by atoms with Gasteiger partial charge in [-0.1, -0.05) is 12.1 Å². The van der Waals surface area contributed by atoms with Gasteiger partial charge in [0.25, 0.3) is 0 Å². The largest absolute Gasteiger partial charge is 0.305 e. The van der Waals surface area contributed by atoms with Gasteiger partial charge in [0.15, 0.2) is 5.78 Å². The monoisotopic (exact) mass is 217 g/mol. The van der Waals surface area contributed by atoms with E-state index >= 15 is 0 Å². The van der Waals surface area contributed by atoms with Crippen LogP contribution in [0.1, 0.15) is 41.3 Å². The molecule has 2 rings (SSSR count). The lowest BCUT2D eigenvalue weighted by Gasteiger charge is -2.22. The number of nitrogens with one attached hydrogen (secondary N) is 1. The minimum absolute atomic E-state index is 0.230. The van der Waals surface area contributed by atoms with E-state index in [9.17, 15) is 4.79 Å². The Morgan fingerprint density at radius 1 is 1.31 bits per heavy atom. The van der Waals surface area contributed by atoms with Gasteiger partial charge in [0, 0.05) is 5.56 Å². The fourth-order valence-electron chi connectivity index (χ4n) is 2.29. The summed E-state index contributed by atoms with van der Waals surface area (Å²) >= 11 is 0. The maximum absolute atomic E-state index is 12.4. The number of hydrogen-bond donors (Lipinski definition) is 1. The first kappa shape index (κ1) is 11.3. The molecule has 16 heavy (non-hydrogen) atoms. The van der Waals surface area contributed by atoms with E-state index in [1.54, 1.807) is 0 Å². The van der Waals surface area contributed by atoms with Crippen LogP contribution in [0.15, 0.2) is 18.2 Å². The summed E-state index contributed by atoms with van der Waals surface area (Å²) in [5, 5.41) is 3.32. The number of ketones is 1. The Kier molecular flexibility index (Phi) is 2.85. The van der Waals surface area contributed by atoms with Crippen LogP contribution in [-0.4, -0.2) is 17.9 Å². The van der Waals surface area contributed by atoms with E-state index in [2.05, 4.69) is 19.2 Å². The first-order valence-electron chi connectivity index (χ1n) is 5.90. The van der Waals surface area contributed by atoms with Crippen LogP contribution in [0.25, 0.3) is 0 Å². The van der Waals surface area contributed by atoms with Crippen LogP contribution in [0.5, 0.6) is 0 Å². The van der Waals surface area contributed by atoms with Crippen LogP contribution in [0.4, 0.5) is 0 Å². The molecule has 1 heterocycles. The zero-order chi connectivity index (χ0) is 11.8. The van der Waals surface area contributed by atoms with E-state index in [1.807, 2.05) is 25.1 Å². The van der Waals surface area contributed by atoms with Crippen molar-refractivity contribution in [1.82, 2.24) is 5.32 Å². The zero-order valence-corrected chi connectivity index (χ0v) is 10.3. The van der Waals surface area contributed by atoms with Crippen LogP contribution in [0.2, 0.25) is 0 Å². The molecular formula is C14H19NO. The van der Waals surface area contributed by atoms with E-state index < -0.39 is 0 Å². The van der Waals surface area contributed by atoms with Crippen molar-refractivity contribution < 1.29 is 4.79 Å². The lowest BCUT2D eigenvalue weighted by atomic mass is 9.89. The van der Waals surface area contributed by atoms with Crippen LogP contribution in [0, 0.1) is 13.8 Å². The molecule has 1 aliphatic heterocycles. The van der Waals surface area contributed by atoms with Crippen molar-refractivity contribution in [2.24, 2.45) is 0 Å². The summed E-state index contributed by atoms with van der Waals surface area (Å²) in [5.41, 5.74) is 2.91. The molecule has 0 bridgehead atoms. The minimum atomic E-state index is -0.346. The first-order valence-corrected chi connectivity index (χ1v) is 5.90. The Labute approximate surface area is 97.1 Å². The number of aryl methyl sites for hydroxylation is 2. The third-order valence-electron chi connectivity index (χ3n) is 3.64. The smallest absolute Gasteiger partial charge is 0.182 e. The predicted octanol–water partition coefficient (Wildman–Crippen LogP) is 2.63. The van der Waals surface area contributed by atoms with Gasteiger partial charge in [-0.2, -0.15) is 0 Å². The van der Waals surface area contributed by atoms with E-state index in [4.69, 9.17) is 0 Å². The molecule has 1 fully saturated rings. The van der Waals surface area contributed by atoms with Crippen molar-refractivity contribution in [2.75, 3.05) is 6.54 Å². The maximum Gasteiger partial charge on any atom is 0.182 e.